The van der Waals surface area contributed by atoms with Crippen molar-refractivity contribution in [2.45, 2.75) is 4.90 Å². The Labute approximate surface area is 75.7 Å². The van der Waals surface area contributed by atoms with Crippen LogP contribution in [0.2, 0.25) is 0 Å². The van der Waals surface area contributed by atoms with Crippen molar-refractivity contribution in [3.63, 3.8) is 0 Å². The molecular formula is C7H9NO4S. The van der Waals surface area contributed by atoms with E-state index in [1.165, 1.54) is 13.1 Å². The Bertz CT molecular complexity index is 413. The fourth-order valence-electron chi connectivity index (χ4n) is 0.843. The monoisotopic (exact) mass is 203 g/mol. The lowest BCUT2D eigenvalue weighted by atomic mass is 10.3. The summed E-state index contributed by atoms with van der Waals surface area (Å²) in [6, 6.07) is 3.27. The summed E-state index contributed by atoms with van der Waals surface area (Å²) in [6.45, 7) is 0. The Hall–Kier alpha value is -1.27. The Kier molecular flexibility index (Phi) is 2.44. The minimum absolute atomic E-state index is 0.187. The summed E-state index contributed by atoms with van der Waals surface area (Å²) in [4.78, 5) is -0.257. The molecule has 0 saturated heterocycles. The summed E-state index contributed by atoms with van der Waals surface area (Å²) in [6.07, 6.45) is 0. The fraction of sp³-hybridized carbons (Fsp3) is 0.143. The van der Waals surface area contributed by atoms with Crippen LogP contribution in [-0.4, -0.2) is 25.7 Å². The first-order chi connectivity index (χ1) is 5.97. The maximum Gasteiger partial charge on any atom is 0.243 e. The van der Waals surface area contributed by atoms with E-state index in [0.29, 0.717) is 0 Å². The molecule has 0 bridgehead atoms. The van der Waals surface area contributed by atoms with Gasteiger partial charge in [0.2, 0.25) is 10.0 Å². The van der Waals surface area contributed by atoms with Crippen LogP contribution in [0.3, 0.4) is 0 Å². The molecule has 1 aromatic carbocycles. The van der Waals surface area contributed by atoms with Crippen LogP contribution >= 0.6 is 0 Å². The molecule has 6 heteroatoms. The van der Waals surface area contributed by atoms with E-state index in [4.69, 9.17) is 5.11 Å². The molecule has 0 amide bonds. The molecule has 1 rings (SSSR count). The summed E-state index contributed by atoms with van der Waals surface area (Å²) >= 11 is 0. The van der Waals surface area contributed by atoms with Gasteiger partial charge >= 0.3 is 0 Å². The molecule has 0 aromatic heterocycles. The van der Waals surface area contributed by atoms with Gasteiger partial charge in [-0.3, -0.25) is 0 Å². The Morgan fingerprint density at radius 2 is 1.92 bits per heavy atom. The number of aromatic hydroxyl groups is 2. The van der Waals surface area contributed by atoms with Gasteiger partial charge in [0.25, 0.3) is 0 Å². The number of phenols is 2. The van der Waals surface area contributed by atoms with Gasteiger partial charge in [-0.2, -0.15) is 0 Å². The number of hydrogen-bond donors (Lipinski definition) is 3. The van der Waals surface area contributed by atoms with E-state index in [9.17, 15) is 13.5 Å². The Morgan fingerprint density at radius 3 is 2.38 bits per heavy atom. The topological polar surface area (TPSA) is 86.6 Å². The van der Waals surface area contributed by atoms with Gasteiger partial charge in [0, 0.05) is 6.07 Å². The Morgan fingerprint density at radius 1 is 1.31 bits per heavy atom. The number of nitrogens with one attached hydrogen (secondary N) is 1. The van der Waals surface area contributed by atoms with Gasteiger partial charge in [-0.1, -0.05) is 0 Å². The molecule has 0 saturated carbocycles. The summed E-state index contributed by atoms with van der Waals surface area (Å²) in [7, 11) is -2.42. The summed E-state index contributed by atoms with van der Waals surface area (Å²) < 4.78 is 24.4. The molecular weight excluding hydrogens is 194 g/mol. The van der Waals surface area contributed by atoms with Crippen LogP contribution in [0, 0.1) is 0 Å². The highest BCUT2D eigenvalue weighted by atomic mass is 32.2. The van der Waals surface area contributed by atoms with Gasteiger partial charge in [-0.15, -0.1) is 0 Å². The van der Waals surface area contributed by atoms with Crippen molar-refractivity contribution in [3.8, 4) is 11.5 Å². The van der Waals surface area contributed by atoms with E-state index in [-0.39, 0.29) is 10.6 Å². The number of benzene rings is 1. The first-order valence-electron chi connectivity index (χ1n) is 3.43. The lowest BCUT2D eigenvalue weighted by molar-refractivity contribution is 0.439. The molecule has 0 aliphatic rings. The number of phenolic OH excluding ortho intramolecular Hbond substituents is 2. The molecule has 0 spiro atoms. The van der Waals surface area contributed by atoms with Crippen LogP contribution in [0.15, 0.2) is 23.1 Å². The van der Waals surface area contributed by atoms with E-state index in [1.807, 2.05) is 4.72 Å². The first kappa shape index (κ1) is 9.82. The second-order valence-corrected chi connectivity index (χ2v) is 4.21. The minimum Gasteiger partial charge on any atom is -0.508 e. The zero-order valence-electron chi connectivity index (χ0n) is 6.85. The summed E-state index contributed by atoms with van der Waals surface area (Å²) in [5.74, 6) is -0.665. The highest BCUT2D eigenvalue weighted by Gasteiger charge is 2.16. The van der Waals surface area contributed by atoms with Crippen molar-refractivity contribution < 1.29 is 18.6 Å². The lowest BCUT2D eigenvalue weighted by Gasteiger charge is -2.04. The largest absolute Gasteiger partial charge is 0.508 e. The molecule has 0 atom stereocenters. The molecule has 0 aliphatic carbocycles. The molecule has 1 aromatic rings. The van der Waals surface area contributed by atoms with Crippen molar-refractivity contribution in [2.24, 2.45) is 0 Å². The highest BCUT2D eigenvalue weighted by Crippen LogP contribution is 2.25. The molecule has 72 valence electrons. The number of rotatable bonds is 2. The van der Waals surface area contributed by atoms with Crippen molar-refractivity contribution >= 4 is 10.0 Å². The minimum atomic E-state index is -3.66. The van der Waals surface area contributed by atoms with Gasteiger partial charge in [-0.05, 0) is 19.2 Å². The van der Waals surface area contributed by atoms with Crippen LogP contribution in [0.1, 0.15) is 0 Å². The van der Waals surface area contributed by atoms with Crippen molar-refractivity contribution in [3.05, 3.63) is 18.2 Å². The molecule has 0 fully saturated rings. The average Bonchev–Trinajstić information content (AvgIpc) is 2.03. The van der Waals surface area contributed by atoms with Crippen LogP contribution in [0.5, 0.6) is 11.5 Å². The van der Waals surface area contributed by atoms with Gasteiger partial charge in [-0.25, -0.2) is 13.1 Å². The highest BCUT2D eigenvalue weighted by molar-refractivity contribution is 7.89. The zero-order chi connectivity index (χ0) is 10.1. The van der Waals surface area contributed by atoms with Crippen molar-refractivity contribution in [1.29, 1.82) is 0 Å². The van der Waals surface area contributed by atoms with E-state index >= 15 is 0 Å². The number of sulfonamides is 1. The molecule has 0 aliphatic heterocycles. The summed E-state index contributed by atoms with van der Waals surface area (Å²) in [5, 5.41) is 18.1. The standard InChI is InChI=1S/C7H9NO4S/c1-8-13(11,12)7-3-2-5(9)4-6(7)10/h2-4,8-10H,1H3. The number of hydrogen-bond acceptors (Lipinski definition) is 4. The third-order valence-corrected chi connectivity index (χ3v) is 2.96. The van der Waals surface area contributed by atoms with Crippen molar-refractivity contribution in [1.82, 2.24) is 4.72 Å². The maximum atomic E-state index is 11.2. The van der Waals surface area contributed by atoms with E-state index in [2.05, 4.69) is 0 Å². The second kappa shape index (κ2) is 3.23. The molecule has 0 unspecified atom stereocenters. The van der Waals surface area contributed by atoms with Gasteiger partial charge in [0.05, 0.1) is 0 Å². The summed E-state index contributed by atoms with van der Waals surface area (Å²) in [5.41, 5.74) is 0. The smallest absolute Gasteiger partial charge is 0.243 e. The Balaban J connectivity index is 3.33. The van der Waals surface area contributed by atoms with Crippen LogP contribution < -0.4 is 4.72 Å². The van der Waals surface area contributed by atoms with Crippen LogP contribution in [-0.2, 0) is 10.0 Å². The van der Waals surface area contributed by atoms with E-state index in [0.717, 1.165) is 12.1 Å². The predicted molar refractivity (Wildman–Crippen MR) is 46.0 cm³/mol. The van der Waals surface area contributed by atoms with E-state index < -0.39 is 15.8 Å². The predicted octanol–water partition coefficient (Wildman–Crippen LogP) is 0.00590. The normalized spacial score (nSPS) is 11.5. The zero-order valence-corrected chi connectivity index (χ0v) is 7.67. The maximum absolute atomic E-state index is 11.2. The molecule has 0 heterocycles. The second-order valence-electron chi connectivity index (χ2n) is 2.36. The average molecular weight is 203 g/mol. The van der Waals surface area contributed by atoms with Gasteiger partial charge in [0.15, 0.2) is 0 Å². The molecule has 5 nitrogen and oxygen atoms in total. The van der Waals surface area contributed by atoms with Crippen LogP contribution in [0.25, 0.3) is 0 Å². The van der Waals surface area contributed by atoms with E-state index in [1.54, 1.807) is 0 Å². The first-order valence-corrected chi connectivity index (χ1v) is 4.91. The van der Waals surface area contributed by atoms with Crippen molar-refractivity contribution in [2.75, 3.05) is 7.05 Å². The SMILES string of the molecule is CNS(=O)(=O)c1ccc(O)cc1O. The third kappa shape index (κ3) is 1.90. The molecule has 3 N–H and O–H groups in total. The molecule has 13 heavy (non-hydrogen) atoms. The lowest BCUT2D eigenvalue weighted by Crippen LogP contribution is -2.18. The quantitative estimate of drug-likeness (QED) is 0.631. The van der Waals surface area contributed by atoms with Gasteiger partial charge < -0.3 is 10.2 Å². The fourth-order valence-corrected chi connectivity index (χ4v) is 1.64. The van der Waals surface area contributed by atoms with Gasteiger partial charge in [0.1, 0.15) is 16.4 Å². The third-order valence-electron chi connectivity index (χ3n) is 1.50. The van der Waals surface area contributed by atoms with Crippen LogP contribution in [0.4, 0.5) is 0 Å². The molecule has 0 radical (unpaired) electrons.